The first-order valence-corrected chi connectivity index (χ1v) is 11.7. The number of carbonyl (C=O) groups is 1. The smallest absolute Gasteiger partial charge is 0.219 e. The minimum atomic E-state index is -0.758. The number of likely N-dealkylation sites (tertiary alicyclic amines) is 1. The third kappa shape index (κ3) is 4.27. The molecule has 188 valence electrons. The third-order valence-corrected chi connectivity index (χ3v) is 6.87. The molecule has 1 N–H and O–H groups in total. The van der Waals surface area contributed by atoms with E-state index in [9.17, 15) is 13.6 Å². The standard InChI is InChI=1S/C26H27F2N5O3/c1-15(34)32-6-4-19(5-7-32)33-14-18(13-31-33)16-8-20-17(12-30-26(20)29-11-16)9-21-24(27)22(35-2)10-23(36-3)25(21)28/h8,10-14,19H,4-7,9H2,1-3H3,(H,29,30). The summed E-state index contributed by atoms with van der Waals surface area (Å²) in [6, 6.07) is 3.37. The van der Waals surface area contributed by atoms with Crippen LogP contribution in [-0.4, -0.2) is 57.9 Å². The highest BCUT2D eigenvalue weighted by Crippen LogP contribution is 2.34. The Morgan fingerprint density at radius 1 is 1.08 bits per heavy atom. The molecule has 0 aliphatic carbocycles. The van der Waals surface area contributed by atoms with Crippen LogP contribution in [0.4, 0.5) is 8.78 Å². The molecule has 0 bridgehead atoms. The molecule has 0 radical (unpaired) electrons. The van der Waals surface area contributed by atoms with Gasteiger partial charge in [0.1, 0.15) is 5.65 Å². The zero-order valence-electron chi connectivity index (χ0n) is 20.3. The second-order valence-corrected chi connectivity index (χ2v) is 8.94. The zero-order valence-corrected chi connectivity index (χ0v) is 20.3. The topological polar surface area (TPSA) is 85.3 Å². The van der Waals surface area contributed by atoms with Crippen molar-refractivity contribution in [3.8, 4) is 22.6 Å². The normalized spacial score (nSPS) is 14.4. The van der Waals surface area contributed by atoms with E-state index in [4.69, 9.17) is 9.47 Å². The Kier molecular flexibility index (Phi) is 6.34. The number of pyridine rings is 1. The largest absolute Gasteiger partial charge is 0.494 e. The number of nitrogens with zero attached hydrogens (tertiary/aromatic N) is 4. The number of rotatable bonds is 6. The molecular formula is C26H27F2N5O3. The van der Waals surface area contributed by atoms with Gasteiger partial charge in [0.05, 0.1) is 26.5 Å². The van der Waals surface area contributed by atoms with Gasteiger partial charge in [-0.1, -0.05) is 0 Å². The molecular weight excluding hydrogens is 468 g/mol. The molecule has 1 amide bonds. The summed E-state index contributed by atoms with van der Waals surface area (Å²) in [4.78, 5) is 21.0. The molecule has 0 atom stereocenters. The summed E-state index contributed by atoms with van der Waals surface area (Å²) in [7, 11) is 2.66. The fourth-order valence-electron chi connectivity index (χ4n) is 4.78. The number of carbonyl (C=O) groups excluding carboxylic acids is 1. The van der Waals surface area contributed by atoms with Gasteiger partial charge < -0.3 is 19.4 Å². The monoisotopic (exact) mass is 495 g/mol. The minimum absolute atomic E-state index is 0.00958. The number of halogens is 2. The fraction of sp³-hybridized carbons (Fsp3) is 0.346. The van der Waals surface area contributed by atoms with E-state index in [1.54, 1.807) is 25.5 Å². The fourth-order valence-corrected chi connectivity index (χ4v) is 4.78. The van der Waals surface area contributed by atoms with Crippen LogP contribution in [0.1, 0.15) is 36.9 Å². The molecule has 1 saturated heterocycles. The van der Waals surface area contributed by atoms with Gasteiger partial charge in [-0.3, -0.25) is 9.48 Å². The van der Waals surface area contributed by atoms with E-state index < -0.39 is 11.6 Å². The van der Waals surface area contributed by atoms with Gasteiger partial charge in [0.25, 0.3) is 0 Å². The molecule has 3 aromatic heterocycles. The van der Waals surface area contributed by atoms with Crippen LogP contribution in [-0.2, 0) is 11.2 Å². The van der Waals surface area contributed by atoms with Crippen molar-refractivity contribution >= 4 is 16.9 Å². The van der Waals surface area contributed by atoms with Crippen LogP contribution in [0.25, 0.3) is 22.2 Å². The van der Waals surface area contributed by atoms with E-state index in [-0.39, 0.29) is 35.4 Å². The second kappa shape index (κ2) is 9.60. The summed E-state index contributed by atoms with van der Waals surface area (Å²) >= 11 is 0. The maximum atomic E-state index is 15.0. The summed E-state index contributed by atoms with van der Waals surface area (Å²) < 4.78 is 42.0. The summed E-state index contributed by atoms with van der Waals surface area (Å²) in [5, 5.41) is 5.32. The molecule has 4 aromatic rings. The molecule has 1 aliphatic rings. The molecule has 36 heavy (non-hydrogen) atoms. The minimum Gasteiger partial charge on any atom is -0.494 e. The van der Waals surface area contributed by atoms with Crippen LogP contribution in [0, 0.1) is 11.6 Å². The third-order valence-electron chi connectivity index (χ3n) is 6.87. The zero-order chi connectivity index (χ0) is 25.4. The van der Waals surface area contributed by atoms with Gasteiger partial charge in [-0.25, -0.2) is 13.8 Å². The van der Waals surface area contributed by atoms with E-state index in [2.05, 4.69) is 15.1 Å². The number of piperidine rings is 1. The number of ether oxygens (including phenoxy) is 2. The Hall–Kier alpha value is -3.95. The van der Waals surface area contributed by atoms with Crippen LogP contribution in [0.5, 0.6) is 11.5 Å². The summed E-state index contributed by atoms with van der Waals surface area (Å²) in [6.45, 7) is 3.04. The number of fused-ring (bicyclic) bond motifs is 1. The number of hydrogen-bond acceptors (Lipinski definition) is 5. The van der Waals surface area contributed by atoms with Crippen LogP contribution in [0.2, 0.25) is 0 Å². The molecule has 10 heteroatoms. The highest BCUT2D eigenvalue weighted by atomic mass is 19.1. The molecule has 1 aliphatic heterocycles. The average Bonchev–Trinajstić information content (AvgIpc) is 3.54. The van der Waals surface area contributed by atoms with Crippen LogP contribution in [0.15, 0.2) is 36.9 Å². The predicted molar refractivity (Wildman–Crippen MR) is 130 cm³/mol. The van der Waals surface area contributed by atoms with Crippen molar-refractivity contribution in [2.24, 2.45) is 0 Å². The van der Waals surface area contributed by atoms with E-state index >= 15 is 0 Å². The van der Waals surface area contributed by atoms with Crippen molar-refractivity contribution in [1.29, 1.82) is 0 Å². The summed E-state index contributed by atoms with van der Waals surface area (Å²) in [5.41, 5.74) is 2.91. The summed E-state index contributed by atoms with van der Waals surface area (Å²) in [6.07, 6.45) is 8.91. The number of H-pyrrole nitrogens is 1. The number of methoxy groups -OCH3 is 2. The van der Waals surface area contributed by atoms with Crippen LogP contribution >= 0.6 is 0 Å². The van der Waals surface area contributed by atoms with E-state index in [0.717, 1.165) is 42.4 Å². The summed E-state index contributed by atoms with van der Waals surface area (Å²) in [5.74, 6) is -1.58. The Morgan fingerprint density at radius 2 is 1.78 bits per heavy atom. The molecule has 0 spiro atoms. The van der Waals surface area contributed by atoms with Gasteiger partial charge in [-0.05, 0) is 24.5 Å². The lowest BCUT2D eigenvalue weighted by Gasteiger charge is -2.31. The van der Waals surface area contributed by atoms with Crippen LogP contribution in [0.3, 0.4) is 0 Å². The van der Waals surface area contributed by atoms with Crippen molar-refractivity contribution in [3.63, 3.8) is 0 Å². The lowest BCUT2D eigenvalue weighted by Crippen LogP contribution is -2.37. The van der Waals surface area contributed by atoms with Gasteiger partial charge in [-0.15, -0.1) is 0 Å². The van der Waals surface area contributed by atoms with E-state index in [1.165, 1.54) is 20.3 Å². The molecule has 1 aromatic carbocycles. The molecule has 1 fully saturated rings. The Morgan fingerprint density at radius 3 is 2.42 bits per heavy atom. The molecule has 4 heterocycles. The lowest BCUT2D eigenvalue weighted by atomic mass is 10.0. The quantitative estimate of drug-likeness (QED) is 0.426. The van der Waals surface area contributed by atoms with Crippen molar-refractivity contribution in [2.45, 2.75) is 32.2 Å². The van der Waals surface area contributed by atoms with Crippen LogP contribution < -0.4 is 9.47 Å². The first kappa shape index (κ1) is 23.8. The second-order valence-electron chi connectivity index (χ2n) is 8.94. The first-order chi connectivity index (χ1) is 17.4. The lowest BCUT2D eigenvalue weighted by molar-refractivity contribution is -0.130. The van der Waals surface area contributed by atoms with Gasteiger partial charge in [0.15, 0.2) is 23.1 Å². The van der Waals surface area contributed by atoms with E-state index in [0.29, 0.717) is 11.2 Å². The van der Waals surface area contributed by atoms with Gasteiger partial charge in [-0.2, -0.15) is 5.10 Å². The maximum Gasteiger partial charge on any atom is 0.219 e. The first-order valence-electron chi connectivity index (χ1n) is 11.7. The Balaban J connectivity index is 1.43. The molecule has 0 unspecified atom stereocenters. The number of aromatic amines is 1. The molecule has 0 saturated carbocycles. The number of benzene rings is 1. The molecule has 8 nitrogen and oxygen atoms in total. The maximum absolute atomic E-state index is 15.0. The van der Waals surface area contributed by atoms with Gasteiger partial charge >= 0.3 is 0 Å². The number of nitrogens with one attached hydrogen (secondary N) is 1. The Bertz CT molecular complexity index is 1390. The van der Waals surface area contributed by atoms with Crippen molar-refractivity contribution in [2.75, 3.05) is 27.3 Å². The van der Waals surface area contributed by atoms with Crippen molar-refractivity contribution < 1.29 is 23.0 Å². The molecule has 5 rings (SSSR count). The average molecular weight is 496 g/mol. The number of hydrogen-bond donors (Lipinski definition) is 1. The Labute approximate surface area is 206 Å². The highest BCUT2D eigenvalue weighted by Gasteiger charge is 2.24. The number of aromatic nitrogens is 4. The number of amides is 1. The van der Waals surface area contributed by atoms with Gasteiger partial charge in [0, 0.05) is 73.2 Å². The van der Waals surface area contributed by atoms with Crippen molar-refractivity contribution in [3.05, 3.63) is 59.7 Å². The SMILES string of the molecule is COc1cc(OC)c(F)c(Cc2c[nH]c3ncc(-c4cnn(C5CCN(C(C)=O)CC5)c4)cc23)c1F. The van der Waals surface area contributed by atoms with E-state index in [1.807, 2.05) is 21.8 Å². The van der Waals surface area contributed by atoms with Crippen molar-refractivity contribution in [1.82, 2.24) is 24.6 Å². The highest BCUT2D eigenvalue weighted by molar-refractivity contribution is 5.84. The predicted octanol–water partition coefficient (Wildman–Crippen LogP) is 4.50. The van der Waals surface area contributed by atoms with Gasteiger partial charge in [0.2, 0.25) is 5.91 Å².